The fourth-order valence-electron chi connectivity index (χ4n) is 17.9. The highest BCUT2D eigenvalue weighted by Gasteiger charge is 2.63. The van der Waals surface area contributed by atoms with Gasteiger partial charge in [-0.05, 0) is 0 Å². The Morgan fingerprint density at radius 1 is 0.187 bits per heavy atom. The van der Waals surface area contributed by atoms with Crippen LogP contribution in [0, 0.1) is 0 Å². The summed E-state index contributed by atoms with van der Waals surface area (Å²) in [5, 5.41) is 408. The van der Waals surface area contributed by atoms with Crippen molar-refractivity contribution in [3.05, 3.63) is 0 Å². The molecule has 0 radical (unpaired) electrons. The van der Waals surface area contributed by atoms with E-state index in [4.69, 9.17) is 109 Å². The number of rotatable bonds is 36. The summed E-state index contributed by atoms with van der Waals surface area (Å²) in [6.07, 6.45) is -130. The maximum Gasteiger partial charge on any atom is 0.217 e. The largest absolute Gasteiger partial charge is 0.394 e. The predicted molar refractivity (Wildman–Crippen MR) is 418 cm³/mol. The first-order valence-corrected chi connectivity index (χ1v) is 44.2. The molecule has 0 unspecified atom stereocenters. The molecule has 12 heterocycles. The molecule has 12 aliphatic rings. The zero-order valence-corrected chi connectivity index (χ0v) is 73.4. The topological polar surface area (TPSA) is 999 Å². The van der Waals surface area contributed by atoms with Crippen molar-refractivity contribution in [2.75, 3.05) is 79.3 Å². The summed E-state index contributed by atoms with van der Waals surface area (Å²) < 4.78 is 135. The monoisotopic (exact) mass is 2040 g/mol. The summed E-state index contributed by atoms with van der Waals surface area (Å²) >= 11 is 0. The van der Waals surface area contributed by atoms with Crippen molar-refractivity contribution in [2.24, 2.45) is 0 Å². The lowest BCUT2D eigenvalue weighted by molar-refractivity contribution is -0.412. The van der Waals surface area contributed by atoms with E-state index in [1.165, 1.54) is 0 Å². The van der Waals surface area contributed by atoms with Gasteiger partial charge in [0.25, 0.3) is 0 Å². The summed E-state index contributed by atoms with van der Waals surface area (Å²) in [5.41, 5.74) is 0. The lowest BCUT2D eigenvalue weighted by Gasteiger charge is -2.51. The van der Waals surface area contributed by atoms with Gasteiger partial charge in [0, 0.05) is 13.8 Å². The molecule has 38 N–H and O–H groups in total. The van der Waals surface area contributed by atoms with Crippen LogP contribution in [-0.2, 0) is 119 Å². The number of carbonyl (C=O) groups excluding carboxylic acids is 2. The Morgan fingerprint density at radius 3 is 0.777 bits per heavy atom. The van der Waals surface area contributed by atoms with E-state index < -0.39 is 459 Å². The molecular formula is C76H128N2O61. The van der Waals surface area contributed by atoms with E-state index in [0.717, 1.165) is 13.8 Å². The number of carbonyl (C=O) groups is 2. The maximum atomic E-state index is 13.2. The fourth-order valence-corrected chi connectivity index (χ4v) is 17.9. The first-order chi connectivity index (χ1) is 65.8. The van der Waals surface area contributed by atoms with Crippen LogP contribution in [0.4, 0.5) is 0 Å². The van der Waals surface area contributed by atoms with Crippen molar-refractivity contribution >= 4 is 11.8 Å². The third-order valence-corrected chi connectivity index (χ3v) is 25.9. The number of ether oxygens (including phenoxy) is 23. The zero-order chi connectivity index (χ0) is 102. The van der Waals surface area contributed by atoms with Gasteiger partial charge in [0.05, 0.1) is 79.3 Å². The SMILES string of the molecule is CC(=O)N[C@@H]1[C@@H](O)[C@H](O[C@@H]2O[C@H](CO)[C@@H](O[C@@H]3O[C@H](CO[C@H]4O[C@H](CO[C@H]5O[C@H](CO)[C@@H](O)[C@H](O)[C@@H]5O[C@H]5O[C@H](CO)[C@@H](O)[C@H](O)[C@@H]5O)[C@@H](O)[C@H](O[C@H]5O[C@H](CO)[C@@H](O)[C@H](O)[C@@H]5O)[C@@H]4O)[C@@H](O)[C@H](O[C@H]4O[C@H](CO[C@H]5O[C@H](CO)[C@@H](O)[C@H](O)[C@@H]5O)[C@@H](O)[C@H](O)[C@@H]4O[C@H]4O[C@H](CO)[C@@H](O)[C@H](O)[C@@H]4O[C@H]4O[C@H](CO)[C@@H](O)[C@H](O[C@H]5O[C@H](CO)[C@@H](O)[C@H](O)[C@@H]5O)[C@@H]4O)[C@@H]3O)[C@H](O)[C@H]2NC(C)=O)[C@@H](CO)O[C@H]1O. The van der Waals surface area contributed by atoms with E-state index in [1.807, 2.05) is 0 Å². The highest BCUT2D eigenvalue weighted by molar-refractivity contribution is 5.73. The van der Waals surface area contributed by atoms with Gasteiger partial charge < -0.3 is 303 Å². The molecular weight excluding hydrogens is 1920 g/mol. The minimum Gasteiger partial charge on any atom is -0.394 e. The van der Waals surface area contributed by atoms with Crippen molar-refractivity contribution in [2.45, 2.75) is 382 Å². The summed E-state index contributed by atoms with van der Waals surface area (Å²) in [7, 11) is 0. The van der Waals surface area contributed by atoms with E-state index >= 15 is 0 Å². The number of aliphatic hydroxyl groups excluding tert-OH is 36. The third kappa shape index (κ3) is 24.7. The van der Waals surface area contributed by atoms with Gasteiger partial charge in [0.15, 0.2) is 75.5 Å². The van der Waals surface area contributed by atoms with Gasteiger partial charge in [0.1, 0.15) is 293 Å². The number of amides is 2. The second-order valence-corrected chi connectivity index (χ2v) is 35.2. The Morgan fingerprint density at radius 2 is 0.396 bits per heavy atom. The molecule has 0 saturated carbocycles. The number of hydrogen-bond acceptors (Lipinski definition) is 61. The second kappa shape index (κ2) is 49.8. The molecule has 808 valence electrons. The molecule has 0 aromatic rings. The van der Waals surface area contributed by atoms with Crippen LogP contribution in [0.1, 0.15) is 13.8 Å². The molecule has 12 rings (SSSR count). The van der Waals surface area contributed by atoms with Crippen molar-refractivity contribution in [1.82, 2.24) is 10.6 Å². The quantitative estimate of drug-likeness (QED) is 0.0277. The molecule has 139 heavy (non-hydrogen) atoms. The van der Waals surface area contributed by atoms with Crippen molar-refractivity contribution < 1.29 is 302 Å². The third-order valence-electron chi connectivity index (χ3n) is 25.9. The Kier molecular flexibility index (Phi) is 41.0. The molecule has 12 fully saturated rings. The highest BCUT2D eigenvalue weighted by Crippen LogP contribution is 2.42. The van der Waals surface area contributed by atoms with Crippen LogP contribution in [0.15, 0.2) is 0 Å². The Bertz CT molecular complexity index is 3730. The first kappa shape index (κ1) is 114. The molecule has 60 atom stereocenters. The molecule has 0 bridgehead atoms. The molecule has 63 heteroatoms. The van der Waals surface area contributed by atoms with Crippen LogP contribution < -0.4 is 10.6 Å². The number of aliphatic hydroxyl groups is 36. The van der Waals surface area contributed by atoms with Crippen LogP contribution >= 0.6 is 0 Å². The summed E-state index contributed by atoms with van der Waals surface area (Å²) in [4.78, 5) is 25.5. The van der Waals surface area contributed by atoms with E-state index in [9.17, 15) is 193 Å². The number of hydrogen-bond donors (Lipinski definition) is 38. The minimum absolute atomic E-state index is 0.845. The van der Waals surface area contributed by atoms with E-state index in [0.29, 0.717) is 0 Å². The van der Waals surface area contributed by atoms with E-state index in [1.54, 1.807) is 0 Å². The standard InChI is InChI=1S/C76H128N2O61/c1-15(88)77-29-41(100)57(24(10-86)120-65(29)116)132-66-30(78-16(2)89)42(101)58(25(11-87)128-66)133-73-56(115)61(40(99)28(130-73)13-118-68-54(113)60(135-70-52(111)45(104)33(92)19(5-81)123-70)39(98)27(129-68)14-119-74-62(47(106)35(94)21(7-83)126-74)137-71-53(112)46(105)34(93)20(6-82)124-71)136-76-64(49(108)37(96)26(131-76)12-117-67-50(109)43(102)31(90)17(3-79)121-67)139-75-63(48(107)36(95)22(8-84)127-75)138-72-55(114)59(38(97)23(9-85)125-72)134-69-51(110)44(103)32(91)18(4-80)122-69/h17-76,79-87,90-116H,3-14H2,1-2H3,(H,77,88)(H,78,89)/t17-,18-,19-,20-,21-,22-,23-,24-,25-,26-,27-,28-,29-,30-,31-,32-,33-,34-,35-,36-,37-,38-,39-,40-,41-,42-,43+,44+,45+,46+,47+,48+,49+,50+,51+,52+,53+,54+,55+,56+,57-,58-,59+,60+,61+,62+,63+,64+,65-,66+,67+,68+,69-,70-,71-,72-,73+,74+,75-,76-/m1/s1. The average Bonchev–Trinajstić information content (AvgIpc) is 0.758. The van der Waals surface area contributed by atoms with Crippen LogP contribution in [0.5, 0.6) is 0 Å². The smallest absolute Gasteiger partial charge is 0.217 e. The van der Waals surface area contributed by atoms with Gasteiger partial charge in [-0.15, -0.1) is 0 Å². The molecule has 0 aromatic heterocycles. The summed E-state index contributed by atoms with van der Waals surface area (Å²) in [6.45, 7) is -12.2. The summed E-state index contributed by atoms with van der Waals surface area (Å²) in [6, 6.07) is -3.79. The van der Waals surface area contributed by atoms with E-state index in [-0.39, 0.29) is 0 Å². The van der Waals surface area contributed by atoms with Crippen LogP contribution in [0.3, 0.4) is 0 Å². The summed E-state index contributed by atoms with van der Waals surface area (Å²) in [5.74, 6) is -1.88. The lowest BCUT2D eigenvalue weighted by atomic mass is 9.94. The highest BCUT2D eigenvalue weighted by atomic mass is 16.8. The van der Waals surface area contributed by atoms with Crippen LogP contribution in [0.2, 0.25) is 0 Å². The fraction of sp³-hybridized carbons (Fsp3) is 0.974. The average molecular weight is 2050 g/mol. The second-order valence-electron chi connectivity index (χ2n) is 35.2. The molecule has 0 spiro atoms. The maximum absolute atomic E-state index is 13.2. The van der Waals surface area contributed by atoms with Crippen molar-refractivity contribution in [3.63, 3.8) is 0 Å². The molecule has 12 aliphatic heterocycles. The molecule has 0 aliphatic carbocycles. The predicted octanol–water partition coefficient (Wildman–Crippen LogP) is -26.9. The molecule has 2 amide bonds. The van der Waals surface area contributed by atoms with Gasteiger partial charge in [-0.3, -0.25) is 9.59 Å². The van der Waals surface area contributed by atoms with Crippen molar-refractivity contribution in [3.8, 4) is 0 Å². The van der Waals surface area contributed by atoms with Gasteiger partial charge in [-0.25, -0.2) is 0 Å². The molecule has 63 nitrogen and oxygen atoms in total. The first-order valence-electron chi connectivity index (χ1n) is 44.2. The van der Waals surface area contributed by atoms with E-state index in [2.05, 4.69) is 10.6 Å². The van der Waals surface area contributed by atoms with Gasteiger partial charge >= 0.3 is 0 Å². The van der Waals surface area contributed by atoms with Crippen LogP contribution in [-0.4, -0.2) is 643 Å². The molecule has 12 saturated heterocycles. The lowest BCUT2D eigenvalue weighted by Crippen LogP contribution is -2.70. The minimum atomic E-state index is -2.80. The van der Waals surface area contributed by atoms with Gasteiger partial charge in [-0.1, -0.05) is 0 Å². The van der Waals surface area contributed by atoms with Crippen molar-refractivity contribution in [1.29, 1.82) is 0 Å². The normalized spacial score (nSPS) is 51.9. The zero-order valence-electron chi connectivity index (χ0n) is 73.4. The Labute approximate surface area is 784 Å². The Hall–Kier alpha value is -3.42. The Balaban J connectivity index is 0.917. The number of nitrogens with one attached hydrogen (secondary N) is 2. The van der Waals surface area contributed by atoms with Gasteiger partial charge in [-0.2, -0.15) is 0 Å². The van der Waals surface area contributed by atoms with Crippen LogP contribution in [0.25, 0.3) is 0 Å². The molecule has 0 aromatic carbocycles. The van der Waals surface area contributed by atoms with Gasteiger partial charge in [0.2, 0.25) is 11.8 Å².